The first-order valence-corrected chi connectivity index (χ1v) is 29.1. The maximum atomic E-state index is 5.60. The fourth-order valence-corrected chi connectivity index (χ4v) is 11.5. The van der Waals surface area contributed by atoms with Gasteiger partial charge in [-0.25, -0.2) is 15.0 Å². The molecule has 0 aliphatic rings. The van der Waals surface area contributed by atoms with E-state index >= 15 is 0 Å². The molecule has 412 valence electrons. The molecule has 4 nitrogen and oxygen atoms in total. The molecule has 0 unspecified atom stereocenters. The molecular formula is C79H76N4. The van der Waals surface area contributed by atoms with E-state index in [-0.39, 0.29) is 21.7 Å². The van der Waals surface area contributed by atoms with Crippen molar-refractivity contribution in [2.24, 2.45) is 0 Å². The summed E-state index contributed by atoms with van der Waals surface area (Å²) < 4.78 is 2.67. The van der Waals surface area contributed by atoms with Crippen LogP contribution < -0.4 is 0 Å². The molecule has 4 heteroatoms. The number of allylic oxidation sites excluding steroid dienone is 4. The summed E-state index contributed by atoms with van der Waals surface area (Å²) in [6, 6.07) is 72.6. The highest BCUT2D eigenvalue weighted by molar-refractivity contribution is 6.14. The van der Waals surface area contributed by atoms with Gasteiger partial charge in [0, 0.05) is 38.6 Å². The zero-order valence-corrected chi connectivity index (χ0v) is 50.5. The minimum absolute atomic E-state index is 0.101. The van der Waals surface area contributed by atoms with Crippen LogP contribution in [-0.2, 0) is 21.7 Å². The molecule has 2 heterocycles. The molecule has 0 saturated carbocycles. The molecule has 11 aromatic rings. The van der Waals surface area contributed by atoms with Crippen LogP contribution in [0.25, 0.3) is 112 Å². The van der Waals surface area contributed by atoms with E-state index in [9.17, 15) is 0 Å². The second-order valence-electron chi connectivity index (χ2n) is 26.3. The van der Waals surface area contributed by atoms with Gasteiger partial charge in [-0.3, -0.25) is 0 Å². The number of fused-ring (bicyclic) bond motifs is 3. The van der Waals surface area contributed by atoms with Gasteiger partial charge in [-0.2, -0.15) is 0 Å². The first-order valence-electron chi connectivity index (χ1n) is 29.1. The Labute approximate surface area is 492 Å². The Hall–Kier alpha value is -8.99. The van der Waals surface area contributed by atoms with Crippen LogP contribution in [0.15, 0.2) is 232 Å². The second-order valence-corrected chi connectivity index (χ2v) is 26.3. The Morgan fingerprint density at radius 1 is 0.361 bits per heavy atom. The monoisotopic (exact) mass is 1080 g/mol. The number of aromatic nitrogens is 4. The largest absolute Gasteiger partial charge is 0.307 e. The minimum Gasteiger partial charge on any atom is -0.307 e. The molecule has 0 atom stereocenters. The molecule has 0 aliphatic carbocycles. The maximum Gasteiger partial charge on any atom is 0.164 e. The van der Waals surface area contributed by atoms with Crippen LogP contribution in [0.5, 0.6) is 0 Å². The highest BCUT2D eigenvalue weighted by Crippen LogP contribution is 2.50. The normalized spacial score (nSPS) is 12.5. The molecule has 2 aromatic heterocycles. The van der Waals surface area contributed by atoms with Gasteiger partial charge in [0.1, 0.15) is 0 Å². The van der Waals surface area contributed by atoms with Crippen molar-refractivity contribution in [2.45, 2.75) is 105 Å². The standard InChI is InChI=1S/C79H76N4/c1-15-29-51(16-2)58-42-59(53-32-23-18-24-33-53)44-60(43-58)74-80-73(57-40-38-54(39-41-57)52-30-21-17-22-31-52)81-75(82-74)61-45-64(55-34-25-19-26-35-55)70(65(46-61)56-36-27-20-28-37-56)83-71-66(47-62(76(3,4)5)49-68(71)78(9,10)11)67-48-63(77(6,7)8)50-69(72(67)83)79(12,13)14/h15-50H,1-2H2,3-14H3/b51-29+. The van der Waals surface area contributed by atoms with Crippen LogP contribution in [0.1, 0.15) is 111 Å². The average Bonchev–Trinajstić information content (AvgIpc) is 1.83. The summed E-state index contributed by atoms with van der Waals surface area (Å²) in [7, 11) is 0. The van der Waals surface area contributed by atoms with Crippen molar-refractivity contribution in [2.75, 3.05) is 0 Å². The highest BCUT2D eigenvalue weighted by atomic mass is 15.0. The summed E-state index contributed by atoms with van der Waals surface area (Å²) in [6.07, 6.45) is 5.68. The van der Waals surface area contributed by atoms with Crippen molar-refractivity contribution in [3.05, 3.63) is 259 Å². The highest BCUT2D eigenvalue weighted by Gasteiger charge is 2.33. The molecule has 0 fully saturated rings. The SMILES string of the molecule is C=C/C=C(\C=C)c1cc(-c2ccccc2)cc(-c2nc(-c3ccc(-c4ccccc4)cc3)nc(-c3cc(-c4ccccc4)c(-n4c5c(C(C)(C)C)cc(C(C)(C)C)cc5c5cc(C(C)(C)C)cc(C(C)(C)C)c54)c(-c4ccccc4)c3)n2)c1. The lowest BCUT2D eigenvalue weighted by Gasteiger charge is -2.29. The van der Waals surface area contributed by atoms with Crippen molar-refractivity contribution >= 4 is 27.4 Å². The van der Waals surface area contributed by atoms with Gasteiger partial charge in [-0.15, -0.1) is 0 Å². The fraction of sp³-hybridized carbons (Fsp3) is 0.203. The molecule has 0 radical (unpaired) electrons. The number of hydrogen-bond donors (Lipinski definition) is 0. The van der Waals surface area contributed by atoms with E-state index in [4.69, 9.17) is 15.0 Å². The van der Waals surface area contributed by atoms with Crippen LogP contribution in [-0.4, -0.2) is 19.5 Å². The molecule has 0 amide bonds. The van der Waals surface area contributed by atoms with Crippen molar-refractivity contribution in [1.82, 2.24) is 19.5 Å². The fourth-order valence-electron chi connectivity index (χ4n) is 11.5. The molecule has 0 N–H and O–H groups in total. The van der Waals surface area contributed by atoms with Crippen molar-refractivity contribution in [1.29, 1.82) is 0 Å². The summed E-state index contributed by atoms with van der Waals surface area (Å²) in [5.74, 6) is 1.69. The summed E-state index contributed by atoms with van der Waals surface area (Å²) in [5, 5.41) is 2.53. The third kappa shape index (κ3) is 11.1. The van der Waals surface area contributed by atoms with E-state index < -0.39 is 0 Å². The van der Waals surface area contributed by atoms with E-state index in [1.165, 1.54) is 44.1 Å². The van der Waals surface area contributed by atoms with Gasteiger partial charge >= 0.3 is 0 Å². The molecule has 0 aliphatic heterocycles. The quantitative estimate of drug-likeness (QED) is 0.121. The smallest absolute Gasteiger partial charge is 0.164 e. The van der Waals surface area contributed by atoms with E-state index in [1.54, 1.807) is 0 Å². The van der Waals surface area contributed by atoms with E-state index in [1.807, 2.05) is 30.4 Å². The molecular weight excluding hydrogens is 1000 g/mol. The molecule has 0 bridgehead atoms. The summed E-state index contributed by atoms with van der Waals surface area (Å²) in [6.45, 7) is 36.6. The summed E-state index contributed by atoms with van der Waals surface area (Å²) in [4.78, 5) is 16.6. The number of hydrogen-bond acceptors (Lipinski definition) is 3. The Balaban J connectivity index is 1.29. The molecule has 0 spiro atoms. The predicted octanol–water partition coefficient (Wildman–Crippen LogP) is 21.6. The van der Waals surface area contributed by atoms with Gasteiger partial charge in [-0.05, 0) is 131 Å². The molecule has 83 heavy (non-hydrogen) atoms. The van der Waals surface area contributed by atoms with Gasteiger partial charge in [-0.1, -0.05) is 272 Å². The lowest BCUT2D eigenvalue weighted by Crippen LogP contribution is -2.19. The minimum atomic E-state index is -0.233. The van der Waals surface area contributed by atoms with Crippen LogP contribution in [0.3, 0.4) is 0 Å². The van der Waals surface area contributed by atoms with Gasteiger partial charge in [0.15, 0.2) is 17.5 Å². The van der Waals surface area contributed by atoms with E-state index in [2.05, 4.69) is 289 Å². The second kappa shape index (κ2) is 21.7. The Bertz CT molecular complexity index is 4120. The number of benzene rings is 9. The van der Waals surface area contributed by atoms with Gasteiger partial charge in [0.25, 0.3) is 0 Å². The first-order chi connectivity index (χ1) is 39.6. The Morgan fingerprint density at radius 2 is 0.723 bits per heavy atom. The lowest BCUT2D eigenvalue weighted by molar-refractivity contribution is 0.571. The maximum absolute atomic E-state index is 5.60. The molecule has 0 saturated heterocycles. The molecule has 11 rings (SSSR count). The van der Waals surface area contributed by atoms with Crippen molar-refractivity contribution in [3.63, 3.8) is 0 Å². The van der Waals surface area contributed by atoms with Gasteiger partial charge < -0.3 is 4.57 Å². The van der Waals surface area contributed by atoms with Crippen molar-refractivity contribution in [3.8, 4) is 84.4 Å². The van der Waals surface area contributed by atoms with Crippen LogP contribution in [0.4, 0.5) is 0 Å². The van der Waals surface area contributed by atoms with Crippen molar-refractivity contribution < 1.29 is 0 Å². The predicted molar refractivity (Wildman–Crippen MR) is 355 cm³/mol. The zero-order valence-electron chi connectivity index (χ0n) is 50.5. The zero-order chi connectivity index (χ0) is 58.6. The summed E-state index contributed by atoms with van der Waals surface area (Å²) in [5.41, 5.74) is 21.3. The van der Waals surface area contributed by atoms with E-state index in [0.717, 1.165) is 78.0 Å². The third-order valence-electron chi connectivity index (χ3n) is 16.1. The van der Waals surface area contributed by atoms with Crippen LogP contribution >= 0.6 is 0 Å². The van der Waals surface area contributed by atoms with Gasteiger partial charge in [0.2, 0.25) is 0 Å². The topological polar surface area (TPSA) is 43.6 Å². The van der Waals surface area contributed by atoms with Crippen LogP contribution in [0, 0.1) is 0 Å². The Morgan fingerprint density at radius 3 is 1.12 bits per heavy atom. The molecule has 9 aromatic carbocycles. The average molecular weight is 1080 g/mol. The van der Waals surface area contributed by atoms with E-state index in [0.29, 0.717) is 17.5 Å². The third-order valence-corrected chi connectivity index (χ3v) is 16.1. The van der Waals surface area contributed by atoms with Gasteiger partial charge in [0.05, 0.1) is 16.7 Å². The van der Waals surface area contributed by atoms with Crippen LogP contribution in [0.2, 0.25) is 0 Å². The number of rotatable bonds is 11. The lowest BCUT2D eigenvalue weighted by atomic mass is 9.78. The number of nitrogens with zero attached hydrogens (tertiary/aromatic N) is 4. The first kappa shape index (κ1) is 55.9. The Kier molecular flexibility index (Phi) is 14.6. The summed E-state index contributed by atoms with van der Waals surface area (Å²) >= 11 is 0.